The predicted molar refractivity (Wildman–Crippen MR) is 86.5 cm³/mol. The van der Waals surface area contributed by atoms with E-state index in [1.165, 1.54) is 11.3 Å². The van der Waals surface area contributed by atoms with E-state index in [0.29, 0.717) is 23.0 Å². The van der Waals surface area contributed by atoms with Gasteiger partial charge in [0.15, 0.2) is 0 Å². The largest absolute Gasteiger partial charge is 0.349 e. The molecule has 5 nitrogen and oxygen atoms in total. The van der Waals surface area contributed by atoms with Crippen LogP contribution in [0.4, 0.5) is 5.69 Å². The maximum Gasteiger partial charge on any atom is 0.275 e. The molecule has 3 rings (SSSR count). The molecular formula is C16H17N3O2S. The van der Waals surface area contributed by atoms with Gasteiger partial charge in [0.05, 0.1) is 5.01 Å². The zero-order valence-electron chi connectivity index (χ0n) is 12.5. The Bertz CT molecular complexity index is 735. The molecule has 1 aliphatic carbocycles. The van der Waals surface area contributed by atoms with Crippen LogP contribution in [-0.4, -0.2) is 22.8 Å². The number of amides is 2. The van der Waals surface area contributed by atoms with E-state index in [2.05, 4.69) is 15.6 Å². The second kappa shape index (κ2) is 5.88. The molecule has 22 heavy (non-hydrogen) atoms. The van der Waals surface area contributed by atoms with Gasteiger partial charge in [0.1, 0.15) is 5.69 Å². The molecule has 2 aromatic rings. The van der Waals surface area contributed by atoms with Gasteiger partial charge >= 0.3 is 0 Å². The second-order valence-electron chi connectivity index (χ2n) is 5.48. The Labute approximate surface area is 132 Å². The molecule has 2 amide bonds. The molecule has 0 bridgehead atoms. The fourth-order valence-corrected chi connectivity index (χ4v) is 2.64. The molecule has 0 radical (unpaired) electrons. The second-order valence-corrected chi connectivity index (χ2v) is 6.55. The zero-order valence-corrected chi connectivity index (χ0v) is 13.3. The van der Waals surface area contributed by atoms with Gasteiger partial charge in [-0.05, 0) is 44.4 Å². The Morgan fingerprint density at radius 2 is 2.00 bits per heavy atom. The molecule has 0 spiro atoms. The number of thiazole rings is 1. The van der Waals surface area contributed by atoms with Crippen molar-refractivity contribution in [2.75, 3.05) is 5.32 Å². The van der Waals surface area contributed by atoms with Crippen LogP contribution < -0.4 is 10.6 Å². The molecule has 1 heterocycles. The topological polar surface area (TPSA) is 71.1 Å². The van der Waals surface area contributed by atoms with Gasteiger partial charge in [-0.1, -0.05) is 6.07 Å². The van der Waals surface area contributed by atoms with E-state index in [1.807, 2.05) is 19.9 Å². The third kappa shape index (κ3) is 3.33. The van der Waals surface area contributed by atoms with Crippen LogP contribution in [0, 0.1) is 13.8 Å². The van der Waals surface area contributed by atoms with Crippen molar-refractivity contribution < 1.29 is 9.59 Å². The first kappa shape index (κ1) is 14.7. The van der Waals surface area contributed by atoms with E-state index in [1.54, 1.807) is 17.5 Å². The first-order valence-electron chi connectivity index (χ1n) is 7.18. The van der Waals surface area contributed by atoms with Crippen molar-refractivity contribution >= 4 is 28.8 Å². The summed E-state index contributed by atoms with van der Waals surface area (Å²) >= 11 is 1.43. The highest BCUT2D eigenvalue weighted by Crippen LogP contribution is 2.22. The minimum Gasteiger partial charge on any atom is -0.349 e. The van der Waals surface area contributed by atoms with Crippen LogP contribution in [-0.2, 0) is 0 Å². The monoisotopic (exact) mass is 315 g/mol. The smallest absolute Gasteiger partial charge is 0.275 e. The van der Waals surface area contributed by atoms with Crippen molar-refractivity contribution in [3.8, 4) is 0 Å². The Morgan fingerprint density at radius 3 is 2.64 bits per heavy atom. The molecule has 1 aromatic carbocycles. The van der Waals surface area contributed by atoms with Crippen LogP contribution in [0.1, 0.15) is 44.3 Å². The van der Waals surface area contributed by atoms with E-state index in [9.17, 15) is 9.59 Å². The normalized spacial score (nSPS) is 13.7. The van der Waals surface area contributed by atoms with Crippen molar-refractivity contribution in [3.63, 3.8) is 0 Å². The summed E-state index contributed by atoms with van der Waals surface area (Å²) in [6.45, 7) is 3.75. The maximum atomic E-state index is 12.2. The van der Waals surface area contributed by atoms with Crippen LogP contribution in [0.25, 0.3) is 0 Å². The standard InChI is InChI=1S/C16H17N3O2S/c1-9-3-4-11(15(20)18-12-5-6-12)7-13(9)19-16(21)14-8-22-10(2)17-14/h3-4,7-8,12H,5-6H2,1-2H3,(H,18,20)(H,19,21). The lowest BCUT2D eigenvalue weighted by molar-refractivity contribution is 0.0949. The van der Waals surface area contributed by atoms with Crippen LogP contribution >= 0.6 is 11.3 Å². The first-order chi connectivity index (χ1) is 10.5. The van der Waals surface area contributed by atoms with Crippen LogP contribution in [0.3, 0.4) is 0 Å². The molecule has 1 fully saturated rings. The highest BCUT2D eigenvalue weighted by atomic mass is 32.1. The average Bonchev–Trinajstić information content (AvgIpc) is 3.19. The maximum absolute atomic E-state index is 12.2. The lowest BCUT2D eigenvalue weighted by Crippen LogP contribution is -2.25. The number of hydrogen-bond acceptors (Lipinski definition) is 4. The van der Waals surface area contributed by atoms with Gasteiger partial charge in [-0.3, -0.25) is 9.59 Å². The van der Waals surface area contributed by atoms with Crippen LogP contribution in [0.5, 0.6) is 0 Å². The van der Waals surface area contributed by atoms with Gasteiger partial charge in [-0.15, -0.1) is 11.3 Å². The fraction of sp³-hybridized carbons (Fsp3) is 0.312. The third-order valence-corrected chi connectivity index (χ3v) is 4.29. The van der Waals surface area contributed by atoms with Crippen molar-refractivity contribution in [2.24, 2.45) is 0 Å². The van der Waals surface area contributed by atoms with E-state index in [-0.39, 0.29) is 11.8 Å². The molecule has 0 unspecified atom stereocenters. The zero-order chi connectivity index (χ0) is 15.7. The Morgan fingerprint density at radius 1 is 1.23 bits per heavy atom. The summed E-state index contributed by atoms with van der Waals surface area (Å²) in [4.78, 5) is 28.4. The molecule has 2 N–H and O–H groups in total. The lowest BCUT2D eigenvalue weighted by atomic mass is 10.1. The van der Waals surface area contributed by atoms with Gasteiger partial charge in [-0.2, -0.15) is 0 Å². The molecule has 0 atom stereocenters. The number of anilines is 1. The Kier molecular flexibility index (Phi) is 3.94. The summed E-state index contributed by atoms with van der Waals surface area (Å²) in [6, 6.07) is 5.63. The highest BCUT2D eigenvalue weighted by Gasteiger charge is 2.24. The number of nitrogens with zero attached hydrogens (tertiary/aromatic N) is 1. The molecule has 114 valence electrons. The molecule has 1 aromatic heterocycles. The summed E-state index contributed by atoms with van der Waals surface area (Å²) in [5.41, 5.74) is 2.50. The first-order valence-corrected chi connectivity index (χ1v) is 8.06. The van der Waals surface area contributed by atoms with Gasteiger partial charge < -0.3 is 10.6 Å². The lowest BCUT2D eigenvalue weighted by Gasteiger charge is -2.10. The van der Waals surface area contributed by atoms with Gasteiger partial charge in [0.25, 0.3) is 11.8 Å². The van der Waals surface area contributed by atoms with Crippen molar-refractivity contribution in [2.45, 2.75) is 32.7 Å². The summed E-state index contributed by atoms with van der Waals surface area (Å²) in [7, 11) is 0. The van der Waals surface area contributed by atoms with Crippen molar-refractivity contribution in [1.29, 1.82) is 0 Å². The summed E-state index contributed by atoms with van der Waals surface area (Å²) in [6.07, 6.45) is 2.09. The quantitative estimate of drug-likeness (QED) is 0.911. The van der Waals surface area contributed by atoms with E-state index < -0.39 is 0 Å². The highest BCUT2D eigenvalue weighted by molar-refractivity contribution is 7.09. The number of carbonyl (C=O) groups excluding carboxylic acids is 2. The SMILES string of the molecule is Cc1nc(C(=O)Nc2cc(C(=O)NC3CC3)ccc2C)cs1. The molecule has 0 aliphatic heterocycles. The van der Waals surface area contributed by atoms with Gasteiger partial charge in [-0.25, -0.2) is 4.98 Å². The minimum atomic E-state index is -0.257. The number of aryl methyl sites for hydroxylation is 2. The van der Waals surface area contributed by atoms with E-state index in [0.717, 1.165) is 23.4 Å². The molecule has 1 saturated carbocycles. The fourth-order valence-electron chi connectivity index (χ4n) is 2.05. The molecule has 6 heteroatoms. The minimum absolute atomic E-state index is 0.0949. The number of aromatic nitrogens is 1. The van der Waals surface area contributed by atoms with E-state index >= 15 is 0 Å². The summed E-state index contributed by atoms with van der Waals surface area (Å²) in [5.74, 6) is -0.352. The predicted octanol–water partition coefficient (Wildman–Crippen LogP) is 2.90. The van der Waals surface area contributed by atoms with Gasteiger partial charge in [0, 0.05) is 22.7 Å². The van der Waals surface area contributed by atoms with Crippen molar-refractivity contribution in [3.05, 3.63) is 45.4 Å². The average molecular weight is 315 g/mol. The molecular weight excluding hydrogens is 298 g/mol. The Balaban J connectivity index is 1.77. The Hall–Kier alpha value is -2.21. The number of rotatable bonds is 4. The number of hydrogen-bond donors (Lipinski definition) is 2. The number of benzene rings is 1. The summed E-state index contributed by atoms with van der Waals surface area (Å²) < 4.78 is 0. The molecule has 1 aliphatic rings. The summed E-state index contributed by atoms with van der Waals surface area (Å²) in [5, 5.41) is 8.34. The third-order valence-electron chi connectivity index (χ3n) is 3.51. The number of carbonyl (C=O) groups is 2. The molecule has 0 saturated heterocycles. The number of nitrogens with one attached hydrogen (secondary N) is 2. The van der Waals surface area contributed by atoms with Crippen molar-refractivity contribution in [1.82, 2.24) is 10.3 Å². The van der Waals surface area contributed by atoms with E-state index in [4.69, 9.17) is 0 Å². The van der Waals surface area contributed by atoms with Gasteiger partial charge in [0.2, 0.25) is 0 Å². The van der Waals surface area contributed by atoms with Crippen LogP contribution in [0.15, 0.2) is 23.6 Å². The van der Waals surface area contributed by atoms with Crippen LogP contribution in [0.2, 0.25) is 0 Å².